The van der Waals surface area contributed by atoms with Crippen molar-refractivity contribution in [2.75, 3.05) is 18.9 Å². The third-order valence-electron chi connectivity index (χ3n) is 2.95. The Labute approximate surface area is 125 Å². The van der Waals surface area contributed by atoms with E-state index in [1.807, 2.05) is 0 Å². The quantitative estimate of drug-likeness (QED) is 0.618. The van der Waals surface area contributed by atoms with Crippen molar-refractivity contribution in [2.24, 2.45) is 0 Å². The Morgan fingerprint density at radius 3 is 3.05 bits per heavy atom. The molecule has 0 amide bonds. The van der Waals surface area contributed by atoms with E-state index in [1.165, 1.54) is 11.3 Å². The number of thiazole rings is 1. The molecule has 3 N–H and O–H groups in total. The fourth-order valence-corrected chi connectivity index (χ4v) is 4.08. The number of rotatable bonds is 6. The zero-order chi connectivity index (χ0) is 14.9. The van der Waals surface area contributed by atoms with Crippen LogP contribution in [0.5, 0.6) is 0 Å². The Morgan fingerprint density at radius 1 is 1.48 bits per heavy atom. The molecular formula is C11H14N6O2S2. The second-order valence-corrected chi connectivity index (χ2v) is 6.85. The van der Waals surface area contributed by atoms with Crippen LogP contribution >= 0.6 is 11.3 Å². The topological polar surface area (TPSA) is 104 Å². The Hall–Kier alpha value is -1.91. The van der Waals surface area contributed by atoms with Crippen molar-refractivity contribution in [3.63, 3.8) is 0 Å². The van der Waals surface area contributed by atoms with Crippen molar-refractivity contribution in [1.29, 1.82) is 0 Å². The van der Waals surface area contributed by atoms with E-state index in [9.17, 15) is 8.42 Å². The molecule has 8 nitrogen and oxygen atoms in total. The average molecular weight is 326 g/mol. The molecule has 0 aliphatic rings. The number of hydrogen-bond acceptors (Lipinski definition) is 6. The summed E-state index contributed by atoms with van der Waals surface area (Å²) >= 11 is 1.38. The van der Waals surface area contributed by atoms with Crippen LogP contribution in [0.25, 0.3) is 4.96 Å². The first-order valence-corrected chi connectivity index (χ1v) is 8.58. The molecule has 0 saturated carbocycles. The van der Waals surface area contributed by atoms with Crippen LogP contribution in [0.2, 0.25) is 0 Å². The second-order valence-electron chi connectivity index (χ2n) is 4.30. The van der Waals surface area contributed by atoms with Crippen molar-refractivity contribution in [2.45, 2.75) is 11.4 Å². The molecule has 0 aliphatic carbocycles. The molecule has 0 aliphatic heterocycles. The fraction of sp³-hybridized carbons (Fsp3) is 0.273. The second kappa shape index (κ2) is 5.47. The molecule has 3 aromatic rings. The maximum Gasteiger partial charge on any atom is 0.260 e. The Balaban J connectivity index is 1.84. The monoisotopic (exact) mass is 326 g/mol. The minimum absolute atomic E-state index is 0.130. The number of hydrogen-bond donors (Lipinski definition) is 3. The van der Waals surface area contributed by atoms with Gasteiger partial charge in [0.05, 0.1) is 6.33 Å². The summed E-state index contributed by atoms with van der Waals surface area (Å²) in [6.45, 7) is 0.283. The molecule has 0 fully saturated rings. The van der Waals surface area contributed by atoms with Crippen LogP contribution in [0.4, 0.5) is 5.82 Å². The van der Waals surface area contributed by atoms with E-state index >= 15 is 0 Å². The zero-order valence-electron chi connectivity index (χ0n) is 11.2. The van der Waals surface area contributed by atoms with Crippen molar-refractivity contribution in [3.05, 3.63) is 29.8 Å². The highest BCUT2D eigenvalue weighted by Gasteiger charge is 2.25. The maximum atomic E-state index is 12.5. The minimum Gasteiger partial charge on any atom is -0.371 e. The van der Waals surface area contributed by atoms with Crippen LogP contribution in [0.1, 0.15) is 5.69 Å². The van der Waals surface area contributed by atoms with Crippen molar-refractivity contribution < 1.29 is 8.42 Å². The van der Waals surface area contributed by atoms with Crippen molar-refractivity contribution in [3.8, 4) is 0 Å². The molecule has 0 saturated heterocycles. The smallest absolute Gasteiger partial charge is 0.260 e. The lowest BCUT2D eigenvalue weighted by Gasteiger charge is -2.07. The Bertz CT molecular complexity index is 833. The van der Waals surface area contributed by atoms with Crippen LogP contribution in [-0.4, -0.2) is 41.4 Å². The molecule has 3 aromatic heterocycles. The fourth-order valence-electron chi connectivity index (χ4n) is 1.99. The van der Waals surface area contributed by atoms with Gasteiger partial charge in [-0.3, -0.25) is 4.40 Å². The molecule has 0 atom stereocenters. The van der Waals surface area contributed by atoms with Gasteiger partial charge < -0.3 is 10.3 Å². The van der Waals surface area contributed by atoms with E-state index in [0.29, 0.717) is 17.2 Å². The Morgan fingerprint density at radius 2 is 2.33 bits per heavy atom. The average Bonchev–Trinajstić information content (AvgIpc) is 3.13. The highest BCUT2D eigenvalue weighted by atomic mass is 32.2. The third-order valence-corrected chi connectivity index (χ3v) is 5.19. The molecular weight excluding hydrogens is 312 g/mol. The van der Waals surface area contributed by atoms with Crippen molar-refractivity contribution in [1.82, 2.24) is 24.1 Å². The molecule has 0 unspecified atom stereocenters. The molecule has 21 heavy (non-hydrogen) atoms. The van der Waals surface area contributed by atoms with Crippen LogP contribution in [0.15, 0.2) is 29.1 Å². The van der Waals surface area contributed by atoms with E-state index in [2.05, 4.69) is 25.0 Å². The van der Waals surface area contributed by atoms with Gasteiger partial charge in [0.25, 0.3) is 10.0 Å². The summed E-state index contributed by atoms with van der Waals surface area (Å²) in [4.78, 5) is 11.7. The predicted octanol–water partition coefficient (Wildman–Crippen LogP) is 0.682. The van der Waals surface area contributed by atoms with Gasteiger partial charge in [0.15, 0.2) is 15.8 Å². The number of imidazole rings is 2. The molecule has 0 aromatic carbocycles. The molecule has 10 heteroatoms. The van der Waals surface area contributed by atoms with Gasteiger partial charge in [-0.1, -0.05) is 0 Å². The van der Waals surface area contributed by atoms with E-state index in [0.717, 1.165) is 5.69 Å². The number of fused-ring (bicyclic) bond motifs is 1. The molecule has 3 rings (SSSR count). The summed E-state index contributed by atoms with van der Waals surface area (Å²) in [6.07, 6.45) is 5.47. The minimum atomic E-state index is -3.65. The normalized spacial score (nSPS) is 12.0. The summed E-state index contributed by atoms with van der Waals surface area (Å²) < 4.78 is 29.1. The van der Waals surface area contributed by atoms with E-state index in [-0.39, 0.29) is 11.6 Å². The van der Waals surface area contributed by atoms with Crippen LogP contribution in [0.3, 0.4) is 0 Å². The number of aromatic amines is 1. The van der Waals surface area contributed by atoms with E-state index in [4.69, 9.17) is 0 Å². The number of anilines is 1. The number of aromatic nitrogens is 4. The van der Waals surface area contributed by atoms with Gasteiger partial charge in [0.1, 0.15) is 0 Å². The van der Waals surface area contributed by atoms with Gasteiger partial charge in [-0.2, -0.15) is 0 Å². The number of H-pyrrole nitrogens is 1. The van der Waals surface area contributed by atoms with Gasteiger partial charge in [-0.15, -0.1) is 11.3 Å². The maximum absolute atomic E-state index is 12.5. The number of nitrogens with zero attached hydrogens (tertiary/aromatic N) is 3. The molecule has 112 valence electrons. The first kappa shape index (κ1) is 14.0. The third kappa shape index (κ3) is 2.64. The number of sulfonamides is 1. The van der Waals surface area contributed by atoms with Gasteiger partial charge in [0.2, 0.25) is 0 Å². The Kier molecular flexibility index (Phi) is 3.66. The highest BCUT2D eigenvalue weighted by Crippen LogP contribution is 2.24. The largest absolute Gasteiger partial charge is 0.371 e. The van der Waals surface area contributed by atoms with Gasteiger partial charge in [0, 0.05) is 43.5 Å². The van der Waals surface area contributed by atoms with Gasteiger partial charge >= 0.3 is 0 Å². The van der Waals surface area contributed by atoms with E-state index < -0.39 is 10.0 Å². The summed E-state index contributed by atoms with van der Waals surface area (Å²) in [5, 5.41) is 4.75. The first-order valence-electron chi connectivity index (χ1n) is 6.22. The summed E-state index contributed by atoms with van der Waals surface area (Å²) in [6, 6.07) is 0. The molecule has 0 radical (unpaired) electrons. The lowest BCUT2D eigenvalue weighted by atomic mass is 10.3. The molecule has 0 bridgehead atoms. The first-order chi connectivity index (χ1) is 10.1. The van der Waals surface area contributed by atoms with E-state index in [1.54, 1.807) is 35.5 Å². The van der Waals surface area contributed by atoms with Gasteiger partial charge in [-0.05, 0) is 0 Å². The summed E-state index contributed by atoms with van der Waals surface area (Å²) in [7, 11) is -2.00. The van der Waals surface area contributed by atoms with Crippen LogP contribution < -0.4 is 10.0 Å². The van der Waals surface area contributed by atoms with Crippen molar-refractivity contribution >= 4 is 32.1 Å². The highest BCUT2D eigenvalue weighted by molar-refractivity contribution is 7.89. The van der Waals surface area contributed by atoms with Crippen LogP contribution in [-0.2, 0) is 16.4 Å². The predicted molar refractivity (Wildman–Crippen MR) is 80.1 cm³/mol. The summed E-state index contributed by atoms with van der Waals surface area (Å²) in [5.41, 5.74) is 0.875. The number of nitrogens with one attached hydrogen (secondary N) is 3. The standard InChI is InChI=1S/C11H14N6O2S2/c1-12-9-10(17-4-5-20-11(17)16-9)21(18,19)15-3-2-8-6-13-7-14-8/h4-7,12,15H,2-3H2,1H3,(H,13,14). The lowest BCUT2D eigenvalue weighted by molar-refractivity contribution is 0.577. The summed E-state index contributed by atoms with van der Waals surface area (Å²) in [5.74, 6) is 0.343. The zero-order valence-corrected chi connectivity index (χ0v) is 12.8. The SMILES string of the molecule is CNc1nc2sccn2c1S(=O)(=O)NCCc1cnc[nH]1. The van der Waals surface area contributed by atoms with Crippen LogP contribution in [0, 0.1) is 0 Å². The van der Waals surface area contributed by atoms with Gasteiger partial charge in [-0.25, -0.2) is 23.1 Å². The molecule has 0 spiro atoms. The lowest BCUT2D eigenvalue weighted by Crippen LogP contribution is -2.27. The molecule has 3 heterocycles.